The lowest BCUT2D eigenvalue weighted by atomic mass is 9.80. The van der Waals surface area contributed by atoms with Crippen LogP contribution in [0, 0.1) is 5.41 Å². The van der Waals surface area contributed by atoms with E-state index in [-0.39, 0.29) is 24.5 Å². The van der Waals surface area contributed by atoms with E-state index in [4.69, 9.17) is 5.11 Å². The van der Waals surface area contributed by atoms with E-state index in [0.717, 1.165) is 0 Å². The number of carbonyl (C=O) groups is 3. The summed E-state index contributed by atoms with van der Waals surface area (Å²) in [6.07, 6.45) is 0.861. The molecule has 1 heterocycles. The van der Waals surface area contributed by atoms with Crippen molar-refractivity contribution < 1.29 is 19.5 Å². The van der Waals surface area contributed by atoms with E-state index in [9.17, 15) is 14.4 Å². The van der Waals surface area contributed by atoms with Crippen LogP contribution in [-0.4, -0.2) is 65.5 Å². The number of hydrogen-bond donors (Lipinski definition) is 2. The second-order valence-corrected chi connectivity index (χ2v) is 6.21. The molecular weight excluding hydrogens is 274 g/mol. The molecule has 2 N–H and O–H groups in total. The quantitative estimate of drug-likeness (QED) is 0.801. The number of nitrogens with one attached hydrogen (secondary N) is 1. The first-order chi connectivity index (χ1) is 9.65. The van der Waals surface area contributed by atoms with Crippen LogP contribution in [0.5, 0.6) is 0 Å². The topological polar surface area (TPSA) is 90.0 Å². The van der Waals surface area contributed by atoms with Gasteiger partial charge in [0, 0.05) is 26.2 Å². The van der Waals surface area contributed by atoms with Gasteiger partial charge in [-0.3, -0.25) is 9.59 Å². The zero-order valence-electron chi connectivity index (χ0n) is 13.2. The van der Waals surface area contributed by atoms with Crippen molar-refractivity contribution in [2.75, 3.05) is 26.7 Å². The molecule has 7 nitrogen and oxygen atoms in total. The summed E-state index contributed by atoms with van der Waals surface area (Å²) in [5.41, 5.74) is -0.760. The molecule has 0 aliphatic carbocycles. The highest BCUT2D eigenvalue weighted by Crippen LogP contribution is 2.31. The predicted molar refractivity (Wildman–Crippen MR) is 77.9 cm³/mol. The Balaban J connectivity index is 2.50. The molecule has 1 rings (SSSR count). The fraction of sp³-hybridized carbons (Fsp3) is 0.786. The lowest BCUT2D eigenvalue weighted by Gasteiger charge is -2.38. The Morgan fingerprint density at radius 3 is 2.24 bits per heavy atom. The van der Waals surface area contributed by atoms with Crippen molar-refractivity contribution in [3.63, 3.8) is 0 Å². The largest absolute Gasteiger partial charge is 0.481 e. The molecule has 120 valence electrons. The second-order valence-electron chi connectivity index (χ2n) is 6.21. The van der Waals surface area contributed by atoms with E-state index < -0.39 is 11.4 Å². The molecule has 21 heavy (non-hydrogen) atoms. The molecule has 1 saturated heterocycles. The number of carboxylic acid groups (broad SMARTS) is 1. The van der Waals surface area contributed by atoms with E-state index >= 15 is 0 Å². The molecule has 0 aromatic rings. The number of likely N-dealkylation sites (N-methyl/N-ethyl adjacent to an activating group) is 1. The third kappa shape index (κ3) is 4.61. The summed E-state index contributed by atoms with van der Waals surface area (Å²) in [7, 11) is 1.58. The fourth-order valence-electron chi connectivity index (χ4n) is 2.30. The average Bonchev–Trinajstić information content (AvgIpc) is 2.37. The van der Waals surface area contributed by atoms with E-state index in [1.807, 2.05) is 13.8 Å². The molecule has 7 heteroatoms. The Bertz CT molecular complexity index is 414. The molecular formula is C14H25N3O4. The molecule has 0 radical (unpaired) electrons. The SMILES string of the molecule is CC(C)NC(=O)CN(C)C(=O)N1CCC(C)(C(=O)O)CC1. The van der Waals surface area contributed by atoms with E-state index in [1.54, 1.807) is 18.9 Å². The highest BCUT2D eigenvalue weighted by Gasteiger charge is 2.38. The van der Waals surface area contributed by atoms with E-state index in [0.29, 0.717) is 25.9 Å². The van der Waals surface area contributed by atoms with Crippen molar-refractivity contribution in [2.24, 2.45) is 5.41 Å². The lowest BCUT2D eigenvalue weighted by Crippen LogP contribution is -2.51. The normalized spacial score (nSPS) is 17.5. The van der Waals surface area contributed by atoms with Crippen molar-refractivity contribution in [3.05, 3.63) is 0 Å². The highest BCUT2D eigenvalue weighted by molar-refractivity contribution is 5.84. The molecule has 0 unspecified atom stereocenters. The van der Waals surface area contributed by atoms with Gasteiger partial charge in [-0.2, -0.15) is 0 Å². The number of nitrogens with zero attached hydrogens (tertiary/aromatic N) is 2. The number of urea groups is 1. The Morgan fingerprint density at radius 1 is 1.29 bits per heavy atom. The fourth-order valence-corrected chi connectivity index (χ4v) is 2.30. The number of piperidine rings is 1. The van der Waals surface area contributed by atoms with Crippen LogP contribution in [0.2, 0.25) is 0 Å². The van der Waals surface area contributed by atoms with Crippen molar-refractivity contribution in [1.29, 1.82) is 0 Å². The van der Waals surface area contributed by atoms with Gasteiger partial charge in [0.15, 0.2) is 0 Å². The van der Waals surface area contributed by atoms with Crippen molar-refractivity contribution in [1.82, 2.24) is 15.1 Å². The average molecular weight is 299 g/mol. The van der Waals surface area contributed by atoms with Gasteiger partial charge in [0.05, 0.1) is 5.41 Å². The van der Waals surface area contributed by atoms with E-state index in [2.05, 4.69) is 5.32 Å². The van der Waals surface area contributed by atoms with Crippen molar-refractivity contribution >= 4 is 17.9 Å². The summed E-state index contributed by atoms with van der Waals surface area (Å²) in [6.45, 7) is 6.23. The minimum absolute atomic E-state index is 0.00368. The summed E-state index contributed by atoms with van der Waals surface area (Å²) in [6, 6.07) is -0.200. The van der Waals surface area contributed by atoms with Crippen molar-refractivity contribution in [2.45, 2.75) is 39.7 Å². The minimum Gasteiger partial charge on any atom is -0.481 e. The zero-order valence-corrected chi connectivity index (χ0v) is 13.2. The van der Waals surface area contributed by atoms with Gasteiger partial charge in [-0.25, -0.2) is 4.79 Å². The molecule has 0 aromatic heterocycles. The standard InChI is InChI=1S/C14H25N3O4/c1-10(2)15-11(18)9-16(4)13(21)17-7-5-14(3,6-8-17)12(19)20/h10H,5-9H2,1-4H3,(H,15,18)(H,19,20). The third-order valence-electron chi connectivity index (χ3n) is 3.81. The summed E-state index contributed by atoms with van der Waals surface area (Å²) in [5, 5.41) is 11.9. The maximum Gasteiger partial charge on any atom is 0.320 e. The van der Waals surface area contributed by atoms with Crippen LogP contribution in [0.3, 0.4) is 0 Å². The zero-order chi connectivity index (χ0) is 16.2. The highest BCUT2D eigenvalue weighted by atomic mass is 16.4. The third-order valence-corrected chi connectivity index (χ3v) is 3.81. The summed E-state index contributed by atoms with van der Waals surface area (Å²) in [5.74, 6) is -1.02. The molecule has 3 amide bonds. The molecule has 0 atom stereocenters. The van der Waals surface area contributed by atoms with Gasteiger partial charge in [0.2, 0.25) is 5.91 Å². The summed E-state index contributed by atoms with van der Waals surface area (Å²) >= 11 is 0. The first-order valence-corrected chi connectivity index (χ1v) is 7.18. The van der Waals surface area contributed by atoms with Crippen LogP contribution in [-0.2, 0) is 9.59 Å². The molecule has 0 aromatic carbocycles. The Hall–Kier alpha value is -1.79. The van der Waals surface area contributed by atoms with Crippen LogP contribution >= 0.6 is 0 Å². The second kappa shape index (κ2) is 6.78. The van der Waals surface area contributed by atoms with Gasteiger partial charge in [0.1, 0.15) is 6.54 Å². The van der Waals surface area contributed by atoms with Gasteiger partial charge in [-0.15, -0.1) is 0 Å². The number of carbonyl (C=O) groups excluding carboxylic acids is 2. The smallest absolute Gasteiger partial charge is 0.320 e. The first-order valence-electron chi connectivity index (χ1n) is 7.18. The Kier molecular flexibility index (Phi) is 5.57. The monoisotopic (exact) mass is 299 g/mol. The number of aliphatic carboxylic acids is 1. The number of likely N-dealkylation sites (tertiary alicyclic amines) is 1. The molecule has 1 aliphatic rings. The molecule has 0 spiro atoms. The van der Waals surface area contributed by atoms with Gasteiger partial charge < -0.3 is 20.2 Å². The van der Waals surface area contributed by atoms with Crippen molar-refractivity contribution in [3.8, 4) is 0 Å². The number of carboxylic acids is 1. The lowest BCUT2D eigenvalue weighted by molar-refractivity contribution is -0.150. The summed E-state index contributed by atoms with van der Waals surface area (Å²) < 4.78 is 0. The Morgan fingerprint density at radius 2 is 1.81 bits per heavy atom. The number of hydrogen-bond acceptors (Lipinski definition) is 3. The number of rotatable bonds is 4. The van der Waals surface area contributed by atoms with Gasteiger partial charge >= 0.3 is 12.0 Å². The van der Waals surface area contributed by atoms with Gasteiger partial charge in [-0.1, -0.05) is 0 Å². The minimum atomic E-state index is -0.820. The van der Waals surface area contributed by atoms with Crippen LogP contribution in [0.1, 0.15) is 33.6 Å². The van der Waals surface area contributed by atoms with E-state index in [1.165, 1.54) is 4.90 Å². The number of amides is 3. The maximum atomic E-state index is 12.2. The Labute approximate surface area is 125 Å². The predicted octanol–water partition coefficient (Wildman–Crippen LogP) is 0.750. The van der Waals surface area contributed by atoms with Crippen LogP contribution in [0.25, 0.3) is 0 Å². The maximum absolute atomic E-state index is 12.2. The van der Waals surface area contributed by atoms with Crippen LogP contribution < -0.4 is 5.32 Å². The van der Waals surface area contributed by atoms with Crippen LogP contribution in [0.4, 0.5) is 4.79 Å². The molecule has 1 aliphatic heterocycles. The molecule has 1 fully saturated rings. The molecule has 0 saturated carbocycles. The summed E-state index contributed by atoms with van der Waals surface area (Å²) in [4.78, 5) is 38.0. The van der Waals surface area contributed by atoms with Crippen LogP contribution in [0.15, 0.2) is 0 Å². The molecule has 0 bridgehead atoms. The van der Waals surface area contributed by atoms with Gasteiger partial charge in [-0.05, 0) is 33.6 Å². The first kappa shape index (κ1) is 17.3. The van der Waals surface area contributed by atoms with Gasteiger partial charge in [0.25, 0.3) is 0 Å².